The van der Waals surface area contributed by atoms with Gasteiger partial charge in [0.05, 0.1) is 19.6 Å². The van der Waals surface area contributed by atoms with E-state index < -0.39 is 0 Å². The van der Waals surface area contributed by atoms with Gasteiger partial charge in [0, 0.05) is 30.5 Å². The average molecular weight is 421 g/mol. The molecule has 6 nitrogen and oxygen atoms in total. The Morgan fingerprint density at radius 3 is 2.19 bits per heavy atom. The second kappa shape index (κ2) is 9.88. The summed E-state index contributed by atoms with van der Waals surface area (Å²) in [5, 5.41) is 3.03. The molecule has 0 atom stereocenters. The maximum absolute atomic E-state index is 12.6. The number of piperidine rings is 1. The normalized spacial score (nSPS) is 17.2. The van der Waals surface area contributed by atoms with Crippen LogP contribution in [0.3, 0.4) is 0 Å². The van der Waals surface area contributed by atoms with Gasteiger partial charge in [0.25, 0.3) is 5.91 Å². The topological polar surface area (TPSA) is 70.9 Å². The third-order valence-electron chi connectivity index (χ3n) is 6.27. The molecule has 2 saturated heterocycles. The van der Waals surface area contributed by atoms with E-state index in [2.05, 4.69) is 23.5 Å². The zero-order chi connectivity index (χ0) is 21.6. The Morgan fingerprint density at radius 2 is 1.52 bits per heavy atom. The number of benzene rings is 2. The molecule has 0 spiro atoms. The minimum Gasteiger partial charge on any atom is -0.348 e. The molecule has 6 heteroatoms. The Kier molecular flexibility index (Phi) is 6.77. The number of hydrogen-bond acceptors (Lipinski definition) is 3. The smallest absolute Gasteiger partial charge is 0.251 e. The van der Waals surface area contributed by atoms with Gasteiger partial charge in [-0.15, -0.1) is 0 Å². The first kappa shape index (κ1) is 21.2. The fourth-order valence-electron chi connectivity index (χ4n) is 4.42. The molecule has 0 bridgehead atoms. The quantitative estimate of drug-likeness (QED) is 0.672. The molecule has 0 aliphatic carbocycles. The van der Waals surface area contributed by atoms with Crippen LogP contribution >= 0.6 is 0 Å². The Balaban J connectivity index is 1.34. The number of rotatable bonds is 7. The summed E-state index contributed by atoms with van der Waals surface area (Å²) in [6, 6.07) is 15.5. The van der Waals surface area contributed by atoms with Crippen molar-refractivity contribution in [2.45, 2.75) is 51.7 Å². The summed E-state index contributed by atoms with van der Waals surface area (Å²) in [5.74, 6) is -0.381. The lowest BCUT2D eigenvalue weighted by atomic mass is 10.0. The number of imide groups is 1. The van der Waals surface area contributed by atoms with Crippen molar-refractivity contribution in [2.24, 2.45) is 0 Å². The van der Waals surface area contributed by atoms with Crippen molar-refractivity contribution in [3.63, 3.8) is 0 Å². The van der Waals surface area contributed by atoms with Crippen molar-refractivity contribution in [3.8, 4) is 0 Å². The second-order valence-electron chi connectivity index (χ2n) is 8.51. The van der Waals surface area contributed by atoms with Gasteiger partial charge in [-0.3, -0.25) is 19.3 Å². The number of carbonyl (C=O) groups is 3. The summed E-state index contributed by atoms with van der Waals surface area (Å²) in [4.78, 5) is 39.1. The predicted octanol–water partition coefficient (Wildman–Crippen LogP) is 1.83. The maximum Gasteiger partial charge on any atom is 0.251 e. The van der Waals surface area contributed by atoms with E-state index in [1.54, 1.807) is 29.2 Å². The highest BCUT2D eigenvalue weighted by molar-refractivity contribution is 6.01. The van der Waals surface area contributed by atoms with Crippen molar-refractivity contribution in [1.82, 2.24) is 10.2 Å². The zero-order valence-corrected chi connectivity index (χ0v) is 17.9. The molecule has 2 aliphatic rings. The fourth-order valence-corrected chi connectivity index (χ4v) is 4.42. The SMILES string of the molecule is O=C(NCc1ccccc1C[NH+]1CCCCC1)c1ccc(CN2C(=O)CCC2=O)cc1. The summed E-state index contributed by atoms with van der Waals surface area (Å²) >= 11 is 0. The molecule has 0 radical (unpaired) electrons. The molecule has 0 aromatic heterocycles. The van der Waals surface area contributed by atoms with Gasteiger partial charge in [0.2, 0.25) is 11.8 Å². The molecule has 2 fully saturated rings. The number of nitrogens with zero attached hydrogens (tertiary/aromatic N) is 1. The maximum atomic E-state index is 12.6. The summed E-state index contributed by atoms with van der Waals surface area (Å²) in [6.45, 7) is 4.23. The minimum atomic E-state index is -0.128. The van der Waals surface area contributed by atoms with Gasteiger partial charge >= 0.3 is 0 Å². The summed E-state index contributed by atoms with van der Waals surface area (Å²) in [6.07, 6.45) is 4.51. The van der Waals surface area contributed by atoms with E-state index in [0.29, 0.717) is 24.9 Å². The molecule has 2 heterocycles. The van der Waals surface area contributed by atoms with Gasteiger partial charge in [-0.05, 0) is 42.5 Å². The lowest BCUT2D eigenvalue weighted by Crippen LogP contribution is -3.11. The first-order chi connectivity index (χ1) is 15.1. The van der Waals surface area contributed by atoms with Gasteiger partial charge < -0.3 is 10.2 Å². The number of amides is 3. The number of likely N-dealkylation sites (tertiary alicyclic amines) is 2. The van der Waals surface area contributed by atoms with Crippen LogP contribution in [0.4, 0.5) is 0 Å². The molecule has 0 unspecified atom stereocenters. The van der Waals surface area contributed by atoms with Crippen molar-refractivity contribution < 1.29 is 19.3 Å². The Morgan fingerprint density at radius 1 is 0.871 bits per heavy atom. The van der Waals surface area contributed by atoms with Crippen LogP contribution in [0.25, 0.3) is 0 Å². The molecule has 31 heavy (non-hydrogen) atoms. The molecule has 2 aromatic carbocycles. The van der Waals surface area contributed by atoms with Crippen LogP contribution in [0.15, 0.2) is 48.5 Å². The number of nitrogens with one attached hydrogen (secondary N) is 2. The highest BCUT2D eigenvalue weighted by atomic mass is 16.2. The number of hydrogen-bond donors (Lipinski definition) is 2. The van der Waals surface area contributed by atoms with E-state index in [9.17, 15) is 14.4 Å². The average Bonchev–Trinajstić information content (AvgIpc) is 3.11. The Hall–Kier alpha value is -2.99. The van der Waals surface area contributed by atoms with Crippen LogP contribution in [0.5, 0.6) is 0 Å². The molecule has 2 aliphatic heterocycles. The molecule has 2 aromatic rings. The van der Waals surface area contributed by atoms with Crippen molar-refractivity contribution in [3.05, 3.63) is 70.8 Å². The fraction of sp³-hybridized carbons (Fsp3) is 0.400. The third-order valence-corrected chi connectivity index (χ3v) is 6.27. The molecule has 0 saturated carbocycles. The van der Waals surface area contributed by atoms with Crippen molar-refractivity contribution >= 4 is 17.7 Å². The molecule has 162 valence electrons. The van der Waals surface area contributed by atoms with Gasteiger partial charge in [-0.1, -0.05) is 36.4 Å². The summed E-state index contributed by atoms with van der Waals surface area (Å²) in [7, 11) is 0. The zero-order valence-electron chi connectivity index (χ0n) is 17.9. The minimum absolute atomic E-state index is 0.125. The first-order valence-corrected chi connectivity index (χ1v) is 11.2. The first-order valence-electron chi connectivity index (χ1n) is 11.2. The van der Waals surface area contributed by atoms with E-state index in [1.165, 1.54) is 42.8 Å². The van der Waals surface area contributed by atoms with Crippen LogP contribution in [0.1, 0.15) is 59.2 Å². The molecular weight excluding hydrogens is 390 g/mol. The van der Waals surface area contributed by atoms with E-state index in [1.807, 2.05) is 6.07 Å². The lowest BCUT2D eigenvalue weighted by Gasteiger charge is -2.24. The van der Waals surface area contributed by atoms with Crippen LogP contribution in [-0.4, -0.2) is 35.7 Å². The standard InChI is InChI=1S/C25H29N3O3/c29-23-12-13-24(30)28(23)17-19-8-10-20(11-9-19)25(31)26-16-21-6-2-3-7-22(21)18-27-14-4-1-5-15-27/h2-3,6-11H,1,4-5,12-18H2,(H,26,31)/p+1. The van der Waals surface area contributed by atoms with Gasteiger partial charge in [-0.25, -0.2) is 0 Å². The largest absolute Gasteiger partial charge is 0.348 e. The molecule has 3 amide bonds. The summed E-state index contributed by atoms with van der Waals surface area (Å²) < 4.78 is 0. The second-order valence-corrected chi connectivity index (χ2v) is 8.51. The Labute approximate surface area is 183 Å². The molecule has 2 N–H and O–H groups in total. The van der Waals surface area contributed by atoms with Gasteiger partial charge in [0.15, 0.2) is 0 Å². The highest BCUT2D eigenvalue weighted by Crippen LogP contribution is 2.16. The van der Waals surface area contributed by atoms with Crippen LogP contribution < -0.4 is 10.2 Å². The predicted molar refractivity (Wildman–Crippen MR) is 117 cm³/mol. The molecular formula is C25H30N3O3+. The van der Waals surface area contributed by atoms with Crippen LogP contribution in [-0.2, 0) is 29.2 Å². The van der Waals surface area contributed by atoms with Crippen LogP contribution in [0, 0.1) is 0 Å². The lowest BCUT2D eigenvalue weighted by molar-refractivity contribution is -0.918. The van der Waals surface area contributed by atoms with E-state index in [-0.39, 0.29) is 24.3 Å². The summed E-state index contributed by atoms with van der Waals surface area (Å²) in [5.41, 5.74) is 3.88. The van der Waals surface area contributed by atoms with Crippen LogP contribution in [0.2, 0.25) is 0 Å². The van der Waals surface area contributed by atoms with E-state index >= 15 is 0 Å². The monoisotopic (exact) mass is 420 g/mol. The van der Waals surface area contributed by atoms with E-state index in [0.717, 1.165) is 17.7 Å². The highest BCUT2D eigenvalue weighted by Gasteiger charge is 2.28. The van der Waals surface area contributed by atoms with Gasteiger partial charge in [0.1, 0.15) is 6.54 Å². The third kappa shape index (κ3) is 5.39. The Bertz CT molecular complexity index is 933. The van der Waals surface area contributed by atoms with Crippen molar-refractivity contribution in [2.75, 3.05) is 13.1 Å². The number of carbonyl (C=O) groups excluding carboxylic acids is 3. The molecule has 4 rings (SSSR count). The number of quaternary nitrogens is 1. The van der Waals surface area contributed by atoms with Gasteiger partial charge in [-0.2, -0.15) is 0 Å². The van der Waals surface area contributed by atoms with Crippen molar-refractivity contribution in [1.29, 1.82) is 0 Å². The van der Waals surface area contributed by atoms with E-state index in [4.69, 9.17) is 0 Å².